The number of carbonyl (C=O) groups excluding carboxylic acids is 1. The summed E-state index contributed by atoms with van der Waals surface area (Å²) in [7, 11) is 0. The molecule has 2 amide bonds. The van der Waals surface area contributed by atoms with Gasteiger partial charge >= 0.3 is 6.03 Å². The second-order valence-electron chi connectivity index (χ2n) is 5.52. The molecular formula is C17H18FN3O2. The lowest BCUT2D eigenvalue weighted by atomic mass is 10.2. The molecule has 1 fully saturated rings. The Labute approximate surface area is 133 Å². The molecule has 23 heavy (non-hydrogen) atoms. The first-order valence-electron chi connectivity index (χ1n) is 7.66. The minimum Gasteiger partial charge on any atom is -0.439 e. The van der Waals surface area contributed by atoms with Crippen molar-refractivity contribution in [3.05, 3.63) is 48.4 Å². The van der Waals surface area contributed by atoms with Gasteiger partial charge < -0.3 is 15.4 Å². The van der Waals surface area contributed by atoms with Crippen LogP contribution >= 0.6 is 0 Å². The smallest absolute Gasteiger partial charge is 0.319 e. The molecule has 0 aliphatic heterocycles. The predicted molar refractivity (Wildman–Crippen MR) is 85.1 cm³/mol. The molecule has 2 N–H and O–H groups in total. The van der Waals surface area contributed by atoms with Gasteiger partial charge in [0, 0.05) is 18.2 Å². The van der Waals surface area contributed by atoms with Gasteiger partial charge in [0.2, 0.25) is 5.88 Å². The van der Waals surface area contributed by atoms with Crippen LogP contribution in [0.2, 0.25) is 0 Å². The lowest BCUT2D eigenvalue weighted by molar-refractivity contribution is 0.248. The summed E-state index contributed by atoms with van der Waals surface area (Å²) in [6.07, 6.45) is 5.90. The van der Waals surface area contributed by atoms with Crippen molar-refractivity contribution in [2.75, 3.05) is 5.32 Å². The standard InChI is InChI=1S/C17H18FN3O2/c18-12-4-3-7-15(10-12)23-16-9-8-14(11-19-16)21-17(22)20-13-5-1-2-6-13/h3-4,7-11,13H,1-2,5-6H2,(H2,20,21,22). The highest BCUT2D eigenvalue weighted by Crippen LogP contribution is 2.21. The fraction of sp³-hybridized carbons (Fsp3) is 0.294. The van der Waals surface area contributed by atoms with Crippen LogP contribution in [0.4, 0.5) is 14.9 Å². The number of amides is 2. The molecule has 6 heteroatoms. The minimum absolute atomic E-state index is 0.225. The van der Waals surface area contributed by atoms with Gasteiger partial charge in [0.1, 0.15) is 11.6 Å². The molecular weight excluding hydrogens is 297 g/mol. The van der Waals surface area contributed by atoms with Crippen LogP contribution in [0.1, 0.15) is 25.7 Å². The molecule has 1 aliphatic carbocycles. The first-order valence-corrected chi connectivity index (χ1v) is 7.66. The number of urea groups is 1. The van der Waals surface area contributed by atoms with Gasteiger partial charge in [0.05, 0.1) is 11.9 Å². The number of nitrogens with zero attached hydrogens (tertiary/aromatic N) is 1. The maximum atomic E-state index is 13.1. The van der Waals surface area contributed by atoms with Crippen molar-refractivity contribution in [2.24, 2.45) is 0 Å². The van der Waals surface area contributed by atoms with Crippen molar-refractivity contribution in [3.63, 3.8) is 0 Å². The van der Waals surface area contributed by atoms with Gasteiger partial charge in [-0.2, -0.15) is 0 Å². The highest BCUT2D eigenvalue weighted by Gasteiger charge is 2.16. The lowest BCUT2D eigenvalue weighted by Gasteiger charge is -2.13. The number of halogens is 1. The number of hydrogen-bond donors (Lipinski definition) is 2. The van der Waals surface area contributed by atoms with Crippen LogP contribution in [0, 0.1) is 5.82 Å². The van der Waals surface area contributed by atoms with Gasteiger partial charge in [-0.3, -0.25) is 0 Å². The summed E-state index contributed by atoms with van der Waals surface area (Å²) >= 11 is 0. The Bertz CT molecular complexity index is 670. The van der Waals surface area contributed by atoms with Gasteiger partial charge in [-0.25, -0.2) is 14.2 Å². The number of nitrogens with one attached hydrogen (secondary N) is 2. The molecule has 0 spiro atoms. The molecule has 1 aromatic carbocycles. The monoisotopic (exact) mass is 315 g/mol. The summed E-state index contributed by atoms with van der Waals surface area (Å²) in [5, 5.41) is 5.68. The first kappa shape index (κ1) is 15.3. The Morgan fingerprint density at radius 2 is 2.04 bits per heavy atom. The highest BCUT2D eigenvalue weighted by atomic mass is 19.1. The van der Waals surface area contributed by atoms with E-state index in [9.17, 15) is 9.18 Å². The van der Waals surface area contributed by atoms with E-state index >= 15 is 0 Å². The van der Waals surface area contributed by atoms with Crippen LogP contribution in [0.15, 0.2) is 42.6 Å². The number of anilines is 1. The van der Waals surface area contributed by atoms with Crippen molar-refractivity contribution in [1.82, 2.24) is 10.3 Å². The van der Waals surface area contributed by atoms with E-state index in [1.54, 1.807) is 24.3 Å². The molecule has 1 aliphatic rings. The van der Waals surface area contributed by atoms with Crippen LogP contribution in [0.5, 0.6) is 11.6 Å². The first-order chi connectivity index (χ1) is 11.2. The predicted octanol–water partition coefficient (Wildman–Crippen LogP) is 4.08. The quantitative estimate of drug-likeness (QED) is 0.893. The SMILES string of the molecule is O=C(Nc1ccc(Oc2cccc(F)c2)nc1)NC1CCCC1. The third-order valence-corrected chi connectivity index (χ3v) is 3.70. The molecule has 5 nitrogen and oxygen atoms in total. The second-order valence-corrected chi connectivity index (χ2v) is 5.52. The molecule has 0 unspecified atom stereocenters. The van der Waals surface area contributed by atoms with Crippen molar-refractivity contribution < 1.29 is 13.9 Å². The molecule has 120 valence electrons. The number of ether oxygens (including phenoxy) is 1. The van der Waals surface area contributed by atoms with Crippen LogP contribution in [-0.2, 0) is 0 Å². The van der Waals surface area contributed by atoms with E-state index in [-0.39, 0.29) is 17.9 Å². The Morgan fingerprint density at radius 3 is 2.74 bits per heavy atom. The molecule has 2 aromatic rings. The minimum atomic E-state index is -0.371. The maximum absolute atomic E-state index is 13.1. The largest absolute Gasteiger partial charge is 0.439 e. The Morgan fingerprint density at radius 1 is 1.22 bits per heavy atom. The molecule has 0 bridgehead atoms. The summed E-state index contributed by atoms with van der Waals surface area (Å²) in [6, 6.07) is 9.18. The van der Waals surface area contributed by atoms with Gasteiger partial charge in [-0.05, 0) is 31.0 Å². The Kier molecular flexibility index (Phi) is 4.71. The molecule has 1 saturated carbocycles. The number of pyridine rings is 1. The molecule has 1 heterocycles. The molecule has 1 aromatic heterocycles. The van der Waals surface area contributed by atoms with Gasteiger partial charge in [-0.15, -0.1) is 0 Å². The Hall–Kier alpha value is -2.63. The second kappa shape index (κ2) is 7.09. The normalized spacial score (nSPS) is 14.5. The van der Waals surface area contributed by atoms with Crippen LogP contribution in [0.25, 0.3) is 0 Å². The van der Waals surface area contributed by atoms with Crippen molar-refractivity contribution >= 4 is 11.7 Å². The topological polar surface area (TPSA) is 63.2 Å². The van der Waals surface area contributed by atoms with Gasteiger partial charge in [0.15, 0.2) is 0 Å². The molecule has 3 rings (SSSR count). The number of rotatable bonds is 4. The molecule has 0 saturated heterocycles. The average Bonchev–Trinajstić information content (AvgIpc) is 3.02. The molecule has 0 atom stereocenters. The van der Waals surface area contributed by atoms with Crippen molar-refractivity contribution in [3.8, 4) is 11.6 Å². The van der Waals surface area contributed by atoms with Crippen LogP contribution in [0.3, 0.4) is 0 Å². The van der Waals surface area contributed by atoms with Crippen molar-refractivity contribution in [1.29, 1.82) is 0 Å². The number of carbonyl (C=O) groups is 1. The van der Waals surface area contributed by atoms with Gasteiger partial charge in [0.25, 0.3) is 0 Å². The summed E-state index contributed by atoms with van der Waals surface area (Å²) in [4.78, 5) is 16.0. The molecule has 0 radical (unpaired) electrons. The van der Waals surface area contributed by atoms with E-state index in [1.165, 1.54) is 31.2 Å². The zero-order valence-corrected chi connectivity index (χ0v) is 12.6. The summed E-state index contributed by atoms with van der Waals surface area (Å²) < 4.78 is 18.5. The van der Waals surface area contributed by atoms with E-state index < -0.39 is 0 Å². The summed E-state index contributed by atoms with van der Waals surface area (Å²) in [6.45, 7) is 0. The zero-order chi connectivity index (χ0) is 16.1. The van der Waals surface area contributed by atoms with E-state index in [4.69, 9.17) is 4.74 Å². The van der Waals surface area contributed by atoms with E-state index in [0.29, 0.717) is 17.3 Å². The number of hydrogen-bond acceptors (Lipinski definition) is 3. The Balaban J connectivity index is 1.55. The van der Waals surface area contributed by atoms with Crippen LogP contribution in [-0.4, -0.2) is 17.1 Å². The van der Waals surface area contributed by atoms with E-state index in [2.05, 4.69) is 15.6 Å². The fourth-order valence-electron chi connectivity index (χ4n) is 2.59. The van der Waals surface area contributed by atoms with Crippen molar-refractivity contribution in [2.45, 2.75) is 31.7 Å². The van der Waals surface area contributed by atoms with E-state index in [1.807, 2.05) is 0 Å². The maximum Gasteiger partial charge on any atom is 0.319 e. The zero-order valence-electron chi connectivity index (χ0n) is 12.6. The lowest BCUT2D eigenvalue weighted by Crippen LogP contribution is -2.36. The number of benzene rings is 1. The highest BCUT2D eigenvalue weighted by molar-refractivity contribution is 5.89. The summed E-state index contributed by atoms with van der Waals surface area (Å²) in [5.41, 5.74) is 0.576. The fourth-order valence-corrected chi connectivity index (χ4v) is 2.59. The van der Waals surface area contributed by atoms with E-state index in [0.717, 1.165) is 12.8 Å². The average molecular weight is 315 g/mol. The van der Waals surface area contributed by atoms with Crippen LogP contribution < -0.4 is 15.4 Å². The van der Waals surface area contributed by atoms with Gasteiger partial charge in [-0.1, -0.05) is 18.9 Å². The third kappa shape index (κ3) is 4.42. The number of aromatic nitrogens is 1. The third-order valence-electron chi connectivity index (χ3n) is 3.70. The summed E-state index contributed by atoms with van der Waals surface area (Å²) in [5.74, 6) is 0.332.